The zero-order chi connectivity index (χ0) is 32.8. The normalized spacial score (nSPS) is 10.2. The van der Waals surface area contributed by atoms with Gasteiger partial charge in [0, 0.05) is 13.2 Å². The zero-order valence-corrected chi connectivity index (χ0v) is 23.2. The minimum atomic E-state index is -1.29. The molecule has 0 aliphatic rings. The lowest BCUT2D eigenvalue weighted by Gasteiger charge is -2.06. The second-order valence-corrected chi connectivity index (χ2v) is 7.48. The molecule has 21 N–H and O–H groups in total. The third kappa shape index (κ3) is 45.5. The predicted molar refractivity (Wildman–Crippen MR) is 153 cm³/mol. The van der Waals surface area contributed by atoms with Crippen molar-refractivity contribution in [3.8, 4) is 0 Å². The molecule has 0 saturated heterocycles. The van der Waals surface area contributed by atoms with Crippen LogP contribution < -0.4 is 40.1 Å². The standard InChI is InChI=1S/C9H12O.C6H14N4O2.C4H7NO4.2C2H5NO2.H3N/c10-8-4-7-9-5-2-1-3-6-9;7-4(5(11)12)2-1-3-10-6(8)9;5-2(4(8)9)1-3(6)7;2*3-1-2(4)5;/h1-3,5-6,10H,4,7-8H2;4H,1-3,7H2,(H,11,12)(H4,8,9,10);2H,1,5H2,(H,6,7)(H,8,9);2*1,3H2,(H,4,5);1H3. The van der Waals surface area contributed by atoms with E-state index < -0.39 is 48.4 Å². The average Bonchev–Trinajstić information content (AvgIpc) is 2.91. The highest BCUT2D eigenvalue weighted by atomic mass is 16.4. The molecule has 1 aromatic carbocycles. The molecule has 0 aliphatic heterocycles. The number of aryl methyl sites for hydroxylation is 1. The van der Waals surface area contributed by atoms with Crippen molar-refractivity contribution in [2.24, 2.45) is 28.7 Å². The molecule has 2 unspecified atom stereocenters. The molecule has 0 bridgehead atoms. The molecule has 0 saturated carbocycles. The summed E-state index contributed by atoms with van der Waals surface area (Å²) in [6.45, 7) is 0.213. The summed E-state index contributed by atoms with van der Waals surface area (Å²) in [5, 5.41) is 57.5. The van der Waals surface area contributed by atoms with Crippen molar-refractivity contribution in [3.05, 3.63) is 35.9 Å². The Morgan fingerprint density at radius 3 is 1.50 bits per heavy atom. The van der Waals surface area contributed by atoms with Gasteiger partial charge in [-0.2, -0.15) is 0 Å². The Hall–Kier alpha value is -4.40. The number of carboxylic acid groups (broad SMARTS) is 5. The fourth-order valence-corrected chi connectivity index (χ4v) is 1.87. The minimum absolute atomic E-state index is 0. The highest BCUT2D eigenvalue weighted by Gasteiger charge is 2.14. The lowest BCUT2D eigenvalue weighted by Crippen LogP contribution is -2.34. The van der Waals surface area contributed by atoms with Gasteiger partial charge in [0.2, 0.25) is 0 Å². The number of rotatable bonds is 13. The summed E-state index contributed by atoms with van der Waals surface area (Å²) >= 11 is 0. The molecular weight excluding hydrogens is 564 g/mol. The summed E-state index contributed by atoms with van der Waals surface area (Å²) in [5.41, 5.74) is 25.5. The van der Waals surface area contributed by atoms with Crippen molar-refractivity contribution in [2.45, 2.75) is 44.2 Å². The Balaban J connectivity index is -0.000000140. The maximum atomic E-state index is 10.2. The average molecular weight is 611 g/mol. The summed E-state index contributed by atoms with van der Waals surface area (Å²) in [5.74, 6) is -5.55. The fourth-order valence-electron chi connectivity index (χ4n) is 1.87. The maximum Gasteiger partial charge on any atom is 0.321 e. The molecule has 0 aliphatic carbocycles. The lowest BCUT2D eigenvalue weighted by molar-refractivity contribution is -0.144. The van der Waals surface area contributed by atoms with Crippen molar-refractivity contribution in [2.75, 3.05) is 26.2 Å². The van der Waals surface area contributed by atoms with Crippen LogP contribution in [-0.2, 0) is 30.4 Å². The monoisotopic (exact) mass is 610 g/mol. The van der Waals surface area contributed by atoms with Gasteiger partial charge in [-0.05, 0) is 31.2 Å². The van der Waals surface area contributed by atoms with Crippen molar-refractivity contribution in [1.82, 2.24) is 11.5 Å². The van der Waals surface area contributed by atoms with Gasteiger partial charge in [0.1, 0.15) is 12.1 Å². The Labute approximate surface area is 242 Å². The first-order chi connectivity index (χ1) is 19.0. The van der Waals surface area contributed by atoms with Crippen molar-refractivity contribution >= 4 is 35.8 Å². The Morgan fingerprint density at radius 1 is 0.786 bits per heavy atom. The van der Waals surface area contributed by atoms with E-state index in [0.717, 1.165) is 12.8 Å². The van der Waals surface area contributed by atoms with Crippen LogP contribution in [0.3, 0.4) is 0 Å². The fraction of sp³-hybridized carbons (Fsp3) is 0.478. The molecule has 0 spiro atoms. The minimum Gasteiger partial charge on any atom is -0.481 e. The van der Waals surface area contributed by atoms with Crippen LogP contribution >= 0.6 is 0 Å². The van der Waals surface area contributed by atoms with Gasteiger partial charge in [0.05, 0.1) is 19.5 Å². The van der Waals surface area contributed by atoms with Gasteiger partial charge < -0.3 is 70.8 Å². The summed E-state index contributed by atoms with van der Waals surface area (Å²) in [4.78, 5) is 48.3. The Morgan fingerprint density at radius 2 is 1.21 bits per heavy atom. The molecule has 2 atom stereocenters. The van der Waals surface area contributed by atoms with E-state index in [1.54, 1.807) is 0 Å². The summed E-state index contributed by atoms with van der Waals surface area (Å²) in [6.07, 6.45) is 2.29. The lowest BCUT2D eigenvalue weighted by atomic mass is 10.1. The molecule has 0 heterocycles. The van der Waals surface area contributed by atoms with Crippen LogP contribution in [0.25, 0.3) is 0 Å². The van der Waals surface area contributed by atoms with Crippen LogP contribution in [0.2, 0.25) is 0 Å². The van der Waals surface area contributed by atoms with E-state index in [1.165, 1.54) is 5.56 Å². The van der Waals surface area contributed by atoms with E-state index in [2.05, 4.69) is 28.9 Å². The number of hydrogen-bond acceptors (Lipinski definition) is 12. The van der Waals surface area contributed by atoms with Gasteiger partial charge in [0.25, 0.3) is 0 Å². The number of aliphatic carboxylic acids is 5. The Bertz CT molecular complexity index is 863. The SMILES string of the molecule is N.N=C(N)NCCCC(N)C(=O)O.NC(CC(=O)O)C(=O)O.NCC(=O)O.NCC(=O)O.OCCCc1ccccc1. The van der Waals surface area contributed by atoms with Gasteiger partial charge in [-0.15, -0.1) is 0 Å². The van der Waals surface area contributed by atoms with E-state index >= 15 is 0 Å². The first-order valence-electron chi connectivity index (χ1n) is 11.8. The highest BCUT2D eigenvalue weighted by molar-refractivity contribution is 5.80. The number of carbonyl (C=O) groups is 5. The van der Waals surface area contributed by atoms with Crippen LogP contribution in [0.4, 0.5) is 0 Å². The number of nitrogens with one attached hydrogen (secondary N) is 2. The van der Waals surface area contributed by atoms with Gasteiger partial charge in [-0.1, -0.05) is 30.3 Å². The quantitative estimate of drug-likeness (QED) is 0.0616. The highest BCUT2D eigenvalue weighted by Crippen LogP contribution is 2.00. The summed E-state index contributed by atoms with van der Waals surface area (Å²) in [6, 6.07) is 8.09. The smallest absolute Gasteiger partial charge is 0.321 e. The van der Waals surface area contributed by atoms with Crippen LogP contribution in [0.15, 0.2) is 30.3 Å². The van der Waals surface area contributed by atoms with E-state index in [4.69, 9.17) is 53.2 Å². The van der Waals surface area contributed by atoms with Crippen molar-refractivity contribution in [3.63, 3.8) is 0 Å². The van der Waals surface area contributed by atoms with E-state index in [-0.39, 0.29) is 31.8 Å². The molecular formula is C23H46N8O11. The molecule has 0 fully saturated rings. The molecule has 0 radical (unpaired) electrons. The predicted octanol–water partition coefficient (Wildman–Crippen LogP) is -2.63. The molecule has 1 aromatic rings. The third-order valence-corrected chi connectivity index (χ3v) is 3.85. The number of nitrogens with two attached hydrogens (primary N) is 5. The number of guanidine groups is 1. The van der Waals surface area contributed by atoms with Crippen molar-refractivity contribution in [1.29, 1.82) is 5.41 Å². The molecule has 19 nitrogen and oxygen atoms in total. The maximum absolute atomic E-state index is 10.2. The summed E-state index contributed by atoms with van der Waals surface area (Å²) < 4.78 is 0. The number of hydrogen-bond donors (Lipinski definition) is 14. The van der Waals surface area contributed by atoms with E-state index in [1.807, 2.05) is 18.2 Å². The molecule has 42 heavy (non-hydrogen) atoms. The molecule has 0 amide bonds. The van der Waals surface area contributed by atoms with Gasteiger partial charge in [-0.3, -0.25) is 29.4 Å². The molecule has 0 aromatic heterocycles. The number of carboxylic acids is 5. The van der Waals surface area contributed by atoms with Gasteiger partial charge >= 0.3 is 29.8 Å². The first kappa shape index (κ1) is 47.4. The van der Waals surface area contributed by atoms with E-state index in [9.17, 15) is 24.0 Å². The number of benzene rings is 1. The number of aliphatic hydroxyl groups is 1. The molecule has 244 valence electrons. The largest absolute Gasteiger partial charge is 0.481 e. The van der Waals surface area contributed by atoms with Crippen molar-refractivity contribution < 1.29 is 54.6 Å². The second-order valence-electron chi connectivity index (χ2n) is 7.48. The topological polar surface area (TPSA) is 408 Å². The van der Waals surface area contributed by atoms with Gasteiger partial charge in [0.15, 0.2) is 5.96 Å². The Kier molecular flexibility index (Phi) is 37.0. The first-order valence-corrected chi connectivity index (χ1v) is 11.8. The molecule has 1 rings (SSSR count). The van der Waals surface area contributed by atoms with Crippen LogP contribution in [0.1, 0.15) is 31.2 Å². The second kappa shape index (κ2) is 32.8. The van der Waals surface area contributed by atoms with Crippen LogP contribution in [-0.4, -0.2) is 105 Å². The number of aliphatic hydroxyl groups excluding tert-OH is 1. The molecule has 19 heteroatoms. The van der Waals surface area contributed by atoms with Gasteiger partial charge in [-0.25, -0.2) is 0 Å². The van der Waals surface area contributed by atoms with E-state index in [0.29, 0.717) is 19.4 Å². The zero-order valence-electron chi connectivity index (χ0n) is 23.2. The van der Waals surface area contributed by atoms with Crippen LogP contribution in [0, 0.1) is 5.41 Å². The van der Waals surface area contributed by atoms with Crippen LogP contribution in [0.5, 0.6) is 0 Å². The third-order valence-electron chi connectivity index (χ3n) is 3.85. The summed E-state index contributed by atoms with van der Waals surface area (Å²) in [7, 11) is 0.